The molecule has 0 aliphatic carbocycles. The van der Waals surface area contributed by atoms with Gasteiger partial charge >= 0.3 is 0 Å². The van der Waals surface area contributed by atoms with Gasteiger partial charge in [-0.1, -0.05) is 24.3 Å². The quantitative estimate of drug-likeness (QED) is 0.697. The van der Waals surface area contributed by atoms with Gasteiger partial charge < -0.3 is 14.2 Å². The van der Waals surface area contributed by atoms with E-state index in [0.717, 1.165) is 69.2 Å². The molecule has 0 radical (unpaired) electrons. The molecule has 1 amide bonds. The van der Waals surface area contributed by atoms with E-state index in [2.05, 4.69) is 29.2 Å². The van der Waals surface area contributed by atoms with Crippen molar-refractivity contribution >= 4 is 17.7 Å². The van der Waals surface area contributed by atoms with E-state index in [1.807, 2.05) is 27.9 Å². The highest BCUT2D eigenvalue weighted by Crippen LogP contribution is 2.36. The number of carbonyl (C=O) groups excluding carboxylic acids is 1. The predicted molar refractivity (Wildman–Crippen MR) is 128 cm³/mol. The van der Waals surface area contributed by atoms with Gasteiger partial charge in [0.1, 0.15) is 0 Å². The molecule has 6 nitrogen and oxygen atoms in total. The molecule has 1 aromatic heterocycles. The lowest BCUT2D eigenvalue weighted by molar-refractivity contribution is -0.131. The predicted octanol–water partition coefficient (Wildman–Crippen LogP) is 2.66. The van der Waals surface area contributed by atoms with Crippen LogP contribution >= 0.6 is 11.8 Å². The maximum Gasteiger partial charge on any atom is 0.258 e. The third-order valence-electron chi connectivity index (χ3n) is 7.03. The Morgan fingerprint density at radius 1 is 1.06 bits per heavy atom. The molecule has 2 unspecified atom stereocenters. The fourth-order valence-corrected chi connectivity index (χ4v) is 5.92. The Bertz CT molecular complexity index is 1050. The summed E-state index contributed by atoms with van der Waals surface area (Å²) in [7, 11) is 0. The molecule has 2 fully saturated rings. The van der Waals surface area contributed by atoms with Crippen LogP contribution in [0, 0.1) is 5.92 Å². The average Bonchev–Trinajstić information content (AvgIpc) is 2.81. The van der Waals surface area contributed by atoms with Gasteiger partial charge in [-0.25, -0.2) is 0 Å². The zero-order valence-corrected chi connectivity index (χ0v) is 19.5. The summed E-state index contributed by atoms with van der Waals surface area (Å²) in [5.74, 6) is 1.35. The monoisotopic (exact) mass is 453 g/mol. The van der Waals surface area contributed by atoms with Gasteiger partial charge in [0.2, 0.25) is 5.91 Å². The molecule has 4 heterocycles. The average molecular weight is 454 g/mol. The van der Waals surface area contributed by atoms with Gasteiger partial charge in [-0.2, -0.15) is 11.8 Å². The van der Waals surface area contributed by atoms with Gasteiger partial charge in [0.05, 0.1) is 19.0 Å². The van der Waals surface area contributed by atoms with Crippen molar-refractivity contribution < 1.29 is 9.53 Å². The fraction of sp³-hybridized carbons (Fsp3) is 0.520. The number of benzene rings is 1. The van der Waals surface area contributed by atoms with Crippen molar-refractivity contribution in [2.45, 2.75) is 25.4 Å². The molecule has 2 atom stereocenters. The Hall–Kier alpha value is -2.09. The summed E-state index contributed by atoms with van der Waals surface area (Å²) in [6.45, 7) is 6.40. The number of rotatable bonds is 5. The lowest BCUT2D eigenvalue weighted by Crippen LogP contribution is -2.49. The van der Waals surface area contributed by atoms with E-state index in [1.165, 1.54) is 5.56 Å². The normalized spacial score (nSPS) is 23.1. The van der Waals surface area contributed by atoms with Crippen molar-refractivity contribution in [3.8, 4) is 11.1 Å². The number of aromatic nitrogens is 1. The van der Waals surface area contributed by atoms with E-state index in [4.69, 9.17) is 4.74 Å². The van der Waals surface area contributed by atoms with Crippen LogP contribution in [-0.4, -0.2) is 71.7 Å². The number of pyridine rings is 1. The topological polar surface area (TPSA) is 54.8 Å². The highest BCUT2D eigenvalue weighted by atomic mass is 32.2. The first-order valence-corrected chi connectivity index (χ1v) is 12.9. The maximum absolute atomic E-state index is 13.7. The molecule has 3 aliphatic rings. The largest absolute Gasteiger partial charge is 0.379 e. The third kappa shape index (κ3) is 4.26. The van der Waals surface area contributed by atoms with Crippen LogP contribution in [0.2, 0.25) is 0 Å². The highest BCUT2D eigenvalue weighted by molar-refractivity contribution is 7.99. The van der Waals surface area contributed by atoms with Crippen molar-refractivity contribution in [2.24, 2.45) is 5.92 Å². The number of piperidine rings is 1. The molecule has 2 saturated heterocycles. The first-order valence-electron chi connectivity index (χ1n) is 11.5. The molecular weight excluding hydrogens is 422 g/mol. The van der Waals surface area contributed by atoms with Crippen molar-refractivity contribution in [2.75, 3.05) is 51.4 Å². The van der Waals surface area contributed by atoms with E-state index in [-0.39, 0.29) is 17.4 Å². The van der Waals surface area contributed by atoms with Crippen molar-refractivity contribution in [1.29, 1.82) is 0 Å². The zero-order valence-electron chi connectivity index (χ0n) is 18.7. The first kappa shape index (κ1) is 21.7. The lowest BCUT2D eigenvalue weighted by atomic mass is 9.82. The molecule has 0 saturated carbocycles. The molecule has 2 bridgehead atoms. The number of hydrogen-bond donors (Lipinski definition) is 0. The van der Waals surface area contributed by atoms with Gasteiger partial charge in [-0.15, -0.1) is 0 Å². The van der Waals surface area contributed by atoms with Gasteiger partial charge in [0, 0.05) is 56.4 Å². The Kier molecular flexibility index (Phi) is 6.40. The summed E-state index contributed by atoms with van der Waals surface area (Å²) < 4.78 is 7.48. The van der Waals surface area contributed by atoms with Crippen LogP contribution in [0.3, 0.4) is 0 Å². The number of ether oxygens (including phenoxy) is 1. The summed E-state index contributed by atoms with van der Waals surface area (Å²) in [5, 5.41) is 0. The summed E-state index contributed by atoms with van der Waals surface area (Å²) in [6, 6.07) is 12.4. The molecule has 32 heavy (non-hydrogen) atoms. The van der Waals surface area contributed by atoms with Crippen LogP contribution in [0.15, 0.2) is 41.2 Å². The number of nitrogens with zero attached hydrogens (tertiary/aromatic N) is 3. The Morgan fingerprint density at radius 3 is 2.69 bits per heavy atom. The molecular formula is C25H31N3O3S. The fourth-order valence-electron chi connectivity index (χ4n) is 5.49. The van der Waals surface area contributed by atoms with E-state index in [0.29, 0.717) is 18.2 Å². The van der Waals surface area contributed by atoms with Gasteiger partial charge in [-0.05, 0) is 41.9 Å². The first-order chi connectivity index (χ1) is 15.6. The minimum atomic E-state index is 0.107. The van der Waals surface area contributed by atoms with Crippen LogP contribution in [-0.2, 0) is 22.6 Å². The van der Waals surface area contributed by atoms with Crippen molar-refractivity contribution in [3.63, 3.8) is 0 Å². The Labute approximate surface area is 193 Å². The molecule has 7 heteroatoms. The van der Waals surface area contributed by atoms with Gasteiger partial charge in [-0.3, -0.25) is 14.5 Å². The number of fused-ring (bicyclic) bond motifs is 4. The van der Waals surface area contributed by atoms with Gasteiger partial charge in [0.25, 0.3) is 5.56 Å². The second kappa shape index (κ2) is 9.41. The molecule has 5 rings (SSSR count). The van der Waals surface area contributed by atoms with Crippen LogP contribution in [0.5, 0.6) is 0 Å². The van der Waals surface area contributed by atoms with Crippen LogP contribution in [0.4, 0.5) is 0 Å². The molecule has 1 aromatic carbocycles. The minimum absolute atomic E-state index is 0.107. The summed E-state index contributed by atoms with van der Waals surface area (Å²) in [6.07, 6.45) is 3.03. The van der Waals surface area contributed by atoms with Gasteiger partial charge in [0.15, 0.2) is 0 Å². The number of carbonyl (C=O) groups is 1. The number of amides is 1. The number of hydrogen-bond acceptors (Lipinski definition) is 5. The van der Waals surface area contributed by atoms with Crippen LogP contribution in [0.25, 0.3) is 11.1 Å². The molecule has 3 aliphatic heterocycles. The third-order valence-corrected chi connectivity index (χ3v) is 7.57. The SMILES string of the molecule is CSCC(=O)N1CC2CC(C1)c1ccc(-c3ccccc3CN3CCOCC3)c(=O)n1C2. The van der Waals surface area contributed by atoms with Crippen molar-refractivity contribution in [1.82, 2.24) is 14.4 Å². The van der Waals surface area contributed by atoms with E-state index < -0.39 is 0 Å². The Morgan fingerprint density at radius 2 is 1.88 bits per heavy atom. The van der Waals surface area contributed by atoms with E-state index in [9.17, 15) is 9.59 Å². The Balaban J connectivity index is 1.44. The minimum Gasteiger partial charge on any atom is -0.379 e. The summed E-state index contributed by atoms with van der Waals surface area (Å²) in [5.41, 5.74) is 4.20. The number of thioether (sulfide) groups is 1. The molecule has 0 spiro atoms. The second-order valence-corrected chi connectivity index (χ2v) is 10.0. The highest BCUT2D eigenvalue weighted by Gasteiger charge is 2.36. The second-order valence-electron chi connectivity index (χ2n) is 9.16. The molecule has 2 aromatic rings. The summed E-state index contributed by atoms with van der Waals surface area (Å²) >= 11 is 1.58. The van der Waals surface area contributed by atoms with E-state index >= 15 is 0 Å². The summed E-state index contributed by atoms with van der Waals surface area (Å²) in [4.78, 5) is 30.5. The van der Waals surface area contributed by atoms with E-state index in [1.54, 1.807) is 11.8 Å². The standard InChI is InChI=1S/C25H31N3O3S/c1-32-17-24(29)27-13-18-12-20(16-27)23-7-6-22(25(30)28(23)14-18)21-5-3-2-4-19(21)15-26-8-10-31-11-9-26/h2-7,18,20H,8-17H2,1H3. The number of morpholine rings is 1. The number of likely N-dealkylation sites (tertiary alicyclic amines) is 1. The smallest absolute Gasteiger partial charge is 0.258 e. The van der Waals surface area contributed by atoms with Crippen molar-refractivity contribution in [3.05, 3.63) is 58.0 Å². The van der Waals surface area contributed by atoms with Crippen LogP contribution < -0.4 is 5.56 Å². The lowest BCUT2D eigenvalue weighted by Gasteiger charge is -2.43. The molecule has 0 N–H and O–H groups in total. The zero-order chi connectivity index (χ0) is 22.1. The maximum atomic E-state index is 13.7. The van der Waals surface area contributed by atoms with Crippen LogP contribution in [0.1, 0.15) is 23.6 Å². The molecule has 170 valence electrons.